The maximum Gasteiger partial charge on any atom is 0.110 e. The van der Waals surface area contributed by atoms with Crippen molar-refractivity contribution in [2.45, 2.75) is 12.6 Å². The molecule has 10 heavy (non-hydrogen) atoms. The summed E-state index contributed by atoms with van der Waals surface area (Å²) < 4.78 is 0. The van der Waals surface area contributed by atoms with Crippen molar-refractivity contribution in [1.82, 2.24) is 0 Å². The quantitative estimate of drug-likeness (QED) is 0.289. The molecule has 0 spiro atoms. The van der Waals surface area contributed by atoms with Gasteiger partial charge >= 0.3 is 0 Å². The lowest BCUT2D eigenvalue weighted by atomic mass is 9.72. The first kappa shape index (κ1) is 8.81. The molecule has 0 aliphatic heterocycles. The lowest BCUT2D eigenvalue weighted by Gasteiger charge is -1.80. The minimum Gasteiger partial charge on any atom is -0.103 e. The summed E-state index contributed by atoms with van der Waals surface area (Å²) in [7, 11) is 4.06. The van der Waals surface area contributed by atoms with Crippen LogP contribution in [-0.4, -0.2) is 15.7 Å². The van der Waals surface area contributed by atoms with Crippen LogP contribution in [-0.2, 0) is 0 Å². The maximum absolute atomic E-state index is 2.91. The van der Waals surface area contributed by atoms with Gasteiger partial charge in [0.1, 0.15) is 15.7 Å². The van der Waals surface area contributed by atoms with Crippen molar-refractivity contribution in [2.75, 3.05) is 0 Å². The summed E-state index contributed by atoms with van der Waals surface area (Å²) in [6.45, 7) is 1.75. The molecular weight excluding hydrogens is 118 g/mol. The van der Waals surface area contributed by atoms with Gasteiger partial charge in [-0.3, -0.25) is 0 Å². The van der Waals surface area contributed by atoms with Crippen LogP contribution >= 0.6 is 0 Å². The van der Waals surface area contributed by atoms with E-state index in [0.717, 1.165) is 0 Å². The third kappa shape index (κ3) is 6.81. The Bertz CT molecular complexity index is 257. The van der Waals surface area contributed by atoms with Gasteiger partial charge in [-0.15, -0.1) is 5.92 Å². The van der Waals surface area contributed by atoms with E-state index >= 15 is 0 Å². The van der Waals surface area contributed by atoms with E-state index in [1.54, 1.807) is 6.92 Å². The molecule has 0 radical (unpaired) electrons. The van der Waals surface area contributed by atoms with Crippen molar-refractivity contribution >= 4 is 15.7 Å². The Balaban J connectivity index is 3.86. The first-order chi connectivity index (χ1) is 4.77. The van der Waals surface area contributed by atoms with Gasteiger partial charge in [-0.2, -0.15) is 0 Å². The van der Waals surface area contributed by atoms with Crippen molar-refractivity contribution in [3.63, 3.8) is 0 Å². The van der Waals surface area contributed by atoms with Crippen molar-refractivity contribution in [3.05, 3.63) is 0 Å². The smallest absolute Gasteiger partial charge is 0.103 e. The van der Waals surface area contributed by atoms with Crippen LogP contribution in [0.4, 0.5) is 0 Å². The SMILES string of the molecule is BC(B)C#CC#CC#CC. The van der Waals surface area contributed by atoms with Gasteiger partial charge in [-0.05, 0) is 36.3 Å². The Kier molecular flexibility index (Phi) is 5.23. The third-order valence-corrected chi connectivity index (χ3v) is 0.673. The highest BCUT2D eigenvalue weighted by Crippen LogP contribution is 1.80. The van der Waals surface area contributed by atoms with Gasteiger partial charge in [-0.25, -0.2) is 0 Å². The Morgan fingerprint density at radius 1 is 1.00 bits per heavy atom. The van der Waals surface area contributed by atoms with Gasteiger partial charge in [0.15, 0.2) is 0 Å². The van der Waals surface area contributed by atoms with Crippen LogP contribution in [0.5, 0.6) is 0 Å². The van der Waals surface area contributed by atoms with Crippen LogP contribution in [0.25, 0.3) is 0 Å². The zero-order valence-corrected chi connectivity index (χ0v) is 6.58. The summed E-state index contributed by atoms with van der Waals surface area (Å²) in [5.41, 5.74) is 0.392. The molecule has 0 aromatic carbocycles. The van der Waals surface area contributed by atoms with Crippen LogP contribution < -0.4 is 0 Å². The molecule has 0 saturated carbocycles. The van der Waals surface area contributed by atoms with Gasteiger partial charge in [0.05, 0.1) is 0 Å². The Morgan fingerprint density at radius 2 is 1.60 bits per heavy atom. The molecule has 0 atom stereocenters. The molecule has 0 unspecified atom stereocenters. The number of hydrogen-bond donors (Lipinski definition) is 0. The molecule has 0 N–H and O–H groups in total. The van der Waals surface area contributed by atoms with Gasteiger partial charge in [0.2, 0.25) is 0 Å². The summed E-state index contributed by atoms with van der Waals surface area (Å²) in [5, 5.41) is 0. The van der Waals surface area contributed by atoms with Gasteiger partial charge in [0, 0.05) is 0 Å². The average molecular weight is 126 g/mol. The van der Waals surface area contributed by atoms with Crippen molar-refractivity contribution in [3.8, 4) is 35.5 Å². The Labute approximate surface area is 64.6 Å². The largest absolute Gasteiger partial charge is 0.110 e. The highest BCUT2D eigenvalue weighted by atomic mass is 13.6. The first-order valence-corrected chi connectivity index (χ1v) is 3.19. The molecular formula is C8H8B2. The highest BCUT2D eigenvalue weighted by Gasteiger charge is 1.79. The first-order valence-electron chi connectivity index (χ1n) is 3.19. The predicted molar refractivity (Wildman–Crippen MR) is 49.8 cm³/mol. The molecule has 46 valence electrons. The van der Waals surface area contributed by atoms with E-state index in [4.69, 9.17) is 0 Å². The van der Waals surface area contributed by atoms with Gasteiger partial charge < -0.3 is 0 Å². The zero-order valence-electron chi connectivity index (χ0n) is 6.58. The summed E-state index contributed by atoms with van der Waals surface area (Å²) in [6.07, 6.45) is 0. The number of hydrogen-bond acceptors (Lipinski definition) is 0. The van der Waals surface area contributed by atoms with Crippen LogP contribution in [0.2, 0.25) is 5.72 Å². The monoisotopic (exact) mass is 126 g/mol. The van der Waals surface area contributed by atoms with Crippen LogP contribution in [0.1, 0.15) is 6.92 Å². The second kappa shape index (κ2) is 5.94. The van der Waals surface area contributed by atoms with E-state index in [1.165, 1.54) is 0 Å². The van der Waals surface area contributed by atoms with Crippen LogP contribution in [0.15, 0.2) is 0 Å². The normalized spacial score (nSPS) is 5.80. The molecule has 0 bridgehead atoms. The van der Waals surface area contributed by atoms with E-state index < -0.39 is 0 Å². The summed E-state index contributed by atoms with van der Waals surface area (Å²) in [5.74, 6) is 16.1. The highest BCUT2D eigenvalue weighted by molar-refractivity contribution is 6.37. The molecule has 0 aromatic heterocycles. The number of rotatable bonds is 0. The molecule has 0 aromatic rings. The summed E-state index contributed by atoms with van der Waals surface area (Å²) in [6, 6.07) is 0. The van der Waals surface area contributed by atoms with Crippen LogP contribution in [0, 0.1) is 35.5 Å². The van der Waals surface area contributed by atoms with Gasteiger partial charge in [-0.1, -0.05) is 5.92 Å². The Hall–Kier alpha value is -1.19. The predicted octanol–water partition coefficient (Wildman–Crippen LogP) is -0.971. The fourth-order valence-electron chi connectivity index (χ4n) is 0.305. The minimum absolute atomic E-state index is 0.392. The maximum atomic E-state index is 2.91. The fourth-order valence-corrected chi connectivity index (χ4v) is 0.305. The third-order valence-electron chi connectivity index (χ3n) is 0.673. The second-order valence-electron chi connectivity index (χ2n) is 2.05. The van der Waals surface area contributed by atoms with Crippen molar-refractivity contribution in [2.24, 2.45) is 0 Å². The zero-order chi connectivity index (χ0) is 7.82. The molecule has 0 aliphatic rings. The molecule has 0 heterocycles. The molecule has 0 nitrogen and oxygen atoms in total. The average Bonchev–Trinajstić information content (AvgIpc) is 1.87. The standard InChI is InChI=1S/C8H8B2/c1-2-3-4-5-6-7-8(9)10/h8H,9-10H2,1H3. The fraction of sp³-hybridized carbons (Fsp3) is 0.250. The molecule has 0 fully saturated rings. The van der Waals surface area contributed by atoms with Crippen LogP contribution in [0.3, 0.4) is 0 Å². The van der Waals surface area contributed by atoms with Crippen molar-refractivity contribution in [1.29, 1.82) is 0 Å². The lowest BCUT2D eigenvalue weighted by molar-refractivity contribution is 1.70. The molecule has 0 saturated heterocycles. The molecule has 0 rings (SSSR count). The topological polar surface area (TPSA) is 0 Å². The van der Waals surface area contributed by atoms with Gasteiger partial charge in [0.25, 0.3) is 0 Å². The minimum atomic E-state index is 0.392. The van der Waals surface area contributed by atoms with Crippen molar-refractivity contribution < 1.29 is 0 Å². The van der Waals surface area contributed by atoms with E-state index in [1.807, 2.05) is 15.7 Å². The lowest BCUT2D eigenvalue weighted by Crippen LogP contribution is -1.82. The van der Waals surface area contributed by atoms with E-state index in [9.17, 15) is 0 Å². The summed E-state index contributed by atoms with van der Waals surface area (Å²) >= 11 is 0. The van der Waals surface area contributed by atoms with E-state index in [2.05, 4.69) is 35.5 Å². The van der Waals surface area contributed by atoms with E-state index in [0.29, 0.717) is 5.72 Å². The molecule has 0 amide bonds. The molecule has 0 aliphatic carbocycles. The molecule has 2 heteroatoms. The second-order valence-corrected chi connectivity index (χ2v) is 2.05. The summed E-state index contributed by atoms with van der Waals surface area (Å²) in [4.78, 5) is 0. The Morgan fingerprint density at radius 3 is 2.10 bits per heavy atom. The van der Waals surface area contributed by atoms with E-state index in [-0.39, 0.29) is 0 Å².